The first-order valence-corrected chi connectivity index (χ1v) is 4.53. The van der Waals surface area contributed by atoms with E-state index in [1.165, 1.54) is 0 Å². The highest BCUT2D eigenvalue weighted by molar-refractivity contribution is 14.1. The molecule has 0 bridgehead atoms. The summed E-state index contributed by atoms with van der Waals surface area (Å²) in [5.41, 5.74) is 0. The third kappa shape index (κ3) is 10.5. The lowest BCUT2D eigenvalue weighted by molar-refractivity contribution is 0.136. The van der Waals surface area contributed by atoms with E-state index in [2.05, 4.69) is 0 Å². The average Bonchev–Trinajstić information content (AvgIpc) is 2.10. The maximum Gasteiger partial charge on any atom is 0.106 e. The highest BCUT2D eigenvalue weighted by atomic mass is 127. The highest BCUT2D eigenvalue weighted by Crippen LogP contribution is 1.84. The fourth-order valence-corrected chi connectivity index (χ4v) is 0.760. The Hall–Kier alpha value is 0.530. The summed E-state index contributed by atoms with van der Waals surface area (Å²) in [6.45, 7) is 1.75. The molecular formula is C6H16INO4. The smallest absolute Gasteiger partial charge is 0.106 e. The number of nitrogens with zero attached hydrogens (tertiary/aromatic N) is 1. The molecule has 0 amide bonds. The van der Waals surface area contributed by atoms with Crippen LogP contribution in [0.3, 0.4) is 0 Å². The molecule has 0 aliphatic heterocycles. The molecule has 0 fully saturated rings. The second-order valence-corrected chi connectivity index (χ2v) is 2.01. The van der Waals surface area contributed by atoms with Gasteiger partial charge in [0.15, 0.2) is 0 Å². The molecular weight excluding hydrogens is 277 g/mol. The SMILES string of the molecule is OCCN(CCO)CCO.OI. The van der Waals surface area contributed by atoms with Gasteiger partial charge in [-0.1, -0.05) is 0 Å². The van der Waals surface area contributed by atoms with Gasteiger partial charge < -0.3 is 18.8 Å². The molecule has 0 heterocycles. The number of aliphatic hydroxyl groups is 3. The van der Waals surface area contributed by atoms with Gasteiger partial charge in [-0.05, 0) is 0 Å². The van der Waals surface area contributed by atoms with E-state index in [1.807, 2.05) is 0 Å². The first kappa shape index (κ1) is 15.0. The number of hydrogen-bond acceptors (Lipinski definition) is 5. The zero-order valence-corrected chi connectivity index (χ0v) is 9.01. The predicted octanol–water partition coefficient (Wildman–Crippen LogP) is -1.41. The summed E-state index contributed by atoms with van der Waals surface area (Å²) >= 11 is 1.15. The van der Waals surface area contributed by atoms with E-state index < -0.39 is 0 Å². The van der Waals surface area contributed by atoms with Crippen molar-refractivity contribution in [1.82, 2.24) is 4.90 Å². The minimum absolute atomic E-state index is 0.0694. The van der Waals surface area contributed by atoms with E-state index in [0.29, 0.717) is 19.6 Å². The normalized spacial score (nSPS) is 9.50. The van der Waals surface area contributed by atoms with Crippen molar-refractivity contribution in [3.05, 3.63) is 0 Å². The van der Waals surface area contributed by atoms with Crippen molar-refractivity contribution in [3.63, 3.8) is 0 Å². The van der Waals surface area contributed by atoms with E-state index in [0.717, 1.165) is 23.0 Å². The summed E-state index contributed by atoms with van der Waals surface area (Å²) in [7, 11) is 0. The molecule has 0 rings (SSSR count). The second-order valence-electron chi connectivity index (χ2n) is 2.01. The Morgan fingerprint density at radius 1 is 0.750 bits per heavy atom. The van der Waals surface area contributed by atoms with Gasteiger partial charge in [-0.25, -0.2) is 0 Å². The van der Waals surface area contributed by atoms with Gasteiger partial charge in [0.25, 0.3) is 0 Å². The van der Waals surface area contributed by atoms with Gasteiger partial charge in [-0.2, -0.15) is 0 Å². The molecule has 0 aliphatic carbocycles. The molecule has 76 valence electrons. The van der Waals surface area contributed by atoms with Crippen molar-refractivity contribution in [2.75, 3.05) is 39.5 Å². The molecule has 5 nitrogen and oxygen atoms in total. The van der Waals surface area contributed by atoms with Crippen LogP contribution in [0.15, 0.2) is 0 Å². The summed E-state index contributed by atoms with van der Waals surface area (Å²) < 4.78 is 6.97. The summed E-state index contributed by atoms with van der Waals surface area (Å²) in [4.78, 5) is 1.79. The third-order valence-corrected chi connectivity index (χ3v) is 1.25. The average molecular weight is 293 g/mol. The lowest BCUT2D eigenvalue weighted by atomic mass is 10.4. The highest BCUT2D eigenvalue weighted by Gasteiger charge is 2.00. The fraction of sp³-hybridized carbons (Fsp3) is 1.00. The molecule has 0 radical (unpaired) electrons. The zero-order valence-electron chi connectivity index (χ0n) is 6.86. The van der Waals surface area contributed by atoms with E-state index in [4.69, 9.17) is 18.8 Å². The van der Waals surface area contributed by atoms with E-state index in [9.17, 15) is 0 Å². The molecule has 0 aromatic heterocycles. The first-order valence-electron chi connectivity index (χ1n) is 3.57. The Morgan fingerprint density at radius 3 is 1.17 bits per heavy atom. The summed E-state index contributed by atoms with van der Waals surface area (Å²) in [6.07, 6.45) is 0. The zero-order chi connectivity index (χ0) is 9.82. The molecule has 0 saturated heterocycles. The monoisotopic (exact) mass is 293 g/mol. The van der Waals surface area contributed by atoms with Gasteiger partial charge in [-0.15, -0.1) is 0 Å². The van der Waals surface area contributed by atoms with Crippen LogP contribution in [-0.4, -0.2) is 63.1 Å². The van der Waals surface area contributed by atoms with Crippen LogP contribution in [-0.2, 0) is 0 Å². The largest absolute Gasteiger partial charge is 0.395 e. The van der Waals surface area contributed by atoms with Crippen LogP contribution in [0.5, 0.6) is 0 Å². The lowest BCUT2D eigenvalue weighted by Crippen LogP contribution is -2.32. The van der Waals surface area contributed by atoms with E-state index in [1.54, 1.807) is 4.90 Å². The van der Waals surface area contributed by atoms with E-state index in [-0.39, 0.29) is 19.8 Å². The van der Waals surface area contributed by atoms with Crippen LogP contribution in [0, 0.1) is 0 Å². The molecule has 4 N–H and O–H groups in total. The first-order chi connectivity index (χ1) is 5.85. The van der Waals surface area contributed by atoms with Crippen LogP contribution in [0.2, 0.25) is 0 Å². The summed E-state index contributed by atoms with van der Waals surface area (Å²) in [6, 6.07) is 0. The lowest BCUT2D eigenvalue weighted by Gasteiger charge is -2.17. The molecule has 0 aromatic carbocycles. The maximum absolute atomic E-state index is 8.48. The molecule has 0 spiro atoms. The van der Waals surface area contributed by atoms with Gasteiger partial charge >= 0.3 is 0 Å². The van der Waals surface area contributed by atoms with Crippen molar-refractivity contribution < 1.29 is 18.8 Å². The van der Waals surface area contributed by atoms with Crippen molar-refractivity contribution in [1.29, 1.82) is 0 Å². The van der Waals surface area contributed by atoms with Crippen molar-refractivity contribution in [2.45, 2.75) is 0 Å². The van der Waals surface area contributed by atoms with Crippen LogP contribution in [0.25, 0.3) is 0 Å². The molecule has 6 heteroatoms. The second kappa shape index (κ2) is 14.1. The Morgan fingerprint density at radius 2 is 1.00 bits per heavy atom. The number of halogens is 1. The molecule has 0 unspecified atom stereocenters. The minimum Gasteiger partial charge on any atom is -0.395 e. The van der Waals surface area contributed by atoms with Crippen LogP contribution in [0.1, 0.15) is 0 Å². The van der Waals surface area contributed by atoms with Gasteiger partial charge in [-0.3, -0.25) is 4.90 Å². The van der Waals surface area contributed by atoms with Crippen LogP contribution < -0.4 is 0 Å². The Bertz CT molecular complexity index is 62.3. The van der Waals surface area contributed by atoms with Crippen molar-refractivity contribution in [2.24, 2.45) is 0 Å². The minimum atomic E-state index is 0.0694. The molecule has 0 aromatic rings. The van der Waals surface area contributed by atoms with Crippen molar-refractivity contribution in [3.8, 4) is 0 Å². The Labute approximate surface area is 86.3 Å². The maximum atomic E-state index is 8.48. The summed E-state index contributed by atoms with van der Waals surface area (Å²) in [5, 5.41) is 25.5. The van der Waals surface area contributed by atoms with Crippen LogP contribution >= 0.6 is 23.0 Å². The molecule has 0 aliphatic rings. The Kier molecular flexibility index (Phi) is 17.6. The number of hydrogen-bond donors (Lipinski definition) is 4. The Balaban J connectivity index is 0. The summed E-state index contributed by atoms with van der Waals surface area (Å²) in [5.74, 6) is 0. The molecule has 12 heavy (non-hydrogen) atoms. The van der Waals surface area contributed by atoms with Crippen molar-refractivity contribution >= 4 is 23.0 Å². The standard InChI is InChI=1S/C6H15NO3.HIO/c8-4-1-7(2-5-9)3-6-10;1-2/h8-10H,1-6H2;2H. The van der Waals surface area contributed by atoms with E-state index >= 15 is 0 Å². The van der Waals surface area contributed by atoms with Crippen LogP contribution in [0.4, 0.5) is 0 Å². The van der Waals surface area contributed by atoms with Gasteiger partial charge in [0, 0.05) is 19.6 Å². The van der Waals surface area contributed by atoms with Gasteiger partial charge in [0.2, 0.25) is 0 Å². The third-order valence-electron chi connectivity index (χ3n) is 1.25. The number of rotatable bonds is 6. The predicted molar refractivity (Wildman–Crippen MR) is 53.9 cm³/mol. The quantitative estimate of drug-likeness (QED) is 0.452. The number of aliphatic hydroxyl groups excluding tert-OH is 3. The topological polar surface area (TPSA) is 84.2 Å². The molecule has 0 saturated carbocycles. The molecule has 0 atom stereocenters. The van der Waals surface area contributed by atoms with Gasteiger partial charge in [0.05, 0.1) is 19.8 Å². The fourth-order valence-electron chi connectivity index (χ4n) is 0.760. The van der Waals surface area contributed by atoms with Gasteiger partial charge in [0.1, 0.15) is 23.0 Å².